The minimum Gasteiger partial charge on any atom is -0.293 e. The van der Waals surface area contributed by atoms with Gasteiger partial charge in [0.15, 0.2) is 0 Å². The van der Waals surface area contributed by atoms with Crippen LogP contribution >= 0.6 is 50.7 Å². The summed E-state index contributed by atoms with van der Waals surface area (Å²) in [7, 11) is -4.25. The smallest absolute Gasteiger partial charge is 0.266 e. The van der Waals surface area contributed by atoms with Gasteiger partial charge in [-0.15, -0.1) is 0 Å². The number of carbonyl (C=O) groups is 1. The molecule has 0 saturated heterocycles. The average Bonchev–Trinajstić information content (AvgIpc) is 2.55. The van der Waals surface area contributed by atoms with Gasteiger partial charge >= 0.3 is 0 Å². The molecular formula is C14H11BrCl3N3O3S. The number of hydrazine groups is 1. The molecule has 2 rings (SSSR count). The van der Waals surface area contributed by atoms with Crippen LogP contribution in [0.15, 0.2) is 45.8 Å². The van der Waals surface area contributed by atoms with E-state index in [2.05, 4.69) is 15.9 Å². The van der Waals surface area contributed by atoms with Gasteiger partial charge in [-0.3, -0.25) is 14.5 Å². The van der Waals surface area contributed by atoms with E-state index in [-0.39, 0.29) is 25.7 Å². The highest BCUT2D eigenvalue weighted by atomic mass is 79.9. The lowest BCUT2D eigenvalue weighted by Crippen LogP contribution is -2.43. The fraction of sp³-hybridized carbons (Fsp3) is 0.0714. The molecule has 0 atom stereocenters. The van der Waals surface area contributed by atoms with Crippen LogP contribution in [0.3, 0.4) is 0 Å². The van der Waals surface area contributed by atoms with Gasteiger partial charge in [0, 0.05) is 9.50 Å². The van der Waals surface area contributed by atoms with Gasteiger partial charge in [0.05, 0.1) is 15.7 Å². The topological polar surface area (TPSA) is 92.5 Å². The summed E-state index contributed by atoms with van der Waals surface area (Å²) in [6.45, 7) is -0.594. The van der Waals surface area contributed by atoms with Crippen LogP contribution in [-0.2, 0) is 14.8 Å². The summed E-state index contributed by atoms with van der Waals surface area (Å²) in [4.78, 5) is 11.5. The molecule has 0 spiro atoms. The standard InChI is InChI=1S/C14H11BrCl3N3O3S/c15-8-1-4-12(11(18)5-8)21(7-14(22)20-19)25(23,24)13-6-9(16)2-3-10(13)17/h1-6H,7,19H2,(H,20,22). The van der Waals surface area contributed by atoms with Crippen molar-refractivity contribution in [3.8, 4) is 0 Å². The summed E-state index contributed by atoms with van der Waals surface area (Å²) in [6.07, 6.45) is 0. The third-order valence-electron chi connectivity index (χ3n) is 3.09. The zero-order chi connectivity index (χ0) is 18.8. The molecule has 11 heteroatoms. The van der Waals surface area contributed by atoms with Crippen molar-refractivity contribution in [1.29, 1.82) is 0 Å². The minimum atomic E-state index is -4.25. The lowest BCUT2D eigenvalue weighted by Gasteiger charge is -2.25. The molecule has 0 aliphatic rings. The molecule has 0 unspecified atom stereocenters. The van der Waals surface area contributed by atoms with Crippen molar-refractivity contribution < 1.29 is 13.2 Å². The predicted octanol–water partition coefficient (Wildman–Crippen LogP) is 3.59. The van der Waals surface area contributed by atoms with Crippen LogP contribution in [0.25, 0.3) is 0 Å². The second-order valence-corrected chi connectivity index (χ2v) is 8.75. The number of rotatable bonds is 5. The highest BCUT2D eigenvalue weighted by Gasteiger charge is 2.30. The molecule has 0 bridgehead atoms. The Bertz CT molecular complexity index is 925. The average molecular weight is 488 g/mol. The van der Waals surface area contributed by atoms with Gasteiger partial charge in [0.25, 0.3) is 15.9 Å². The Kier molecular flexibility index (Phi) is 6.58. The summed E-state index contributed by atoms with van der Waals surface area (Å²) in [5, 5.41) is 0.241. The highest BCUT2D eigenvalue weighted by molar-refractivity contribution is 9.10. The normalized spacial score (nSPS) is 11.2. The van der Waals surface area contributed by atoms with E-state index < -0.39 is 22.5 Å². The summed E-state index contributed by atoms with van der Waals surface area (Å²) in [5.74, 6) is 4.35. The lowest BCUT2D eigenvalue weighted by molar-refractivity contribution is -0.119. The van der Waals surface area contributed by atoms with Gasteiger partial charge in [0.1, 0.15) is 11.4 Å². The predicted molar refractivity (Wildman–Crippen MR) is 102 cm³/mol. The van der Waals surface area contributed by atoms with E-state index in [1.807, 2.05) is 5.43 Å². The van der Waals surface area contributed by atoms with E-state index in [4.69, 9.17) is 40.6 Å². The molecule has 0 aliphatic carbocycles. The fourth-order valence-corrected chi connectivity index (χ4v) is 4.96. The number of halogens is 4. The van der Waals surface area contributed by atoms with Gasteiger partial charge < -0.3 is 0 Å². The van der Waals surface area contributed by atoms with Crippen molar-refractivity contribution in [3.63, 3.8) is 0 Å². The number of benzene rings is 2. The van der Waals surface area contributed by atoms with Gasteiger partial charge in [0.2, 0.25) is 0 Å². The van der Waals surface area contributed by atoms with Crippen LogP contribution in [0.5, 0.6) is 0 Å². The summed E-state index contributed by atoms with van der Waals surface area (Å²) in [5.41, 5.74) is 1.98. The van der Waals surface area contributed by atoms with Crippen molar-refractivity contribution >= 4 is 72.4 Å². The third-order valence-corrected chi connectivity index (χ3v) is 6.36. The molecule has 2 aromatic carbocycles. The van der Waals surface area contributed by atoms with Crippen molar-refractivity contribution in [2.24, 2.45) is 5.84 Å². The first-order chi connectivity index (χ1) is 11.7. The number of nitrogens with two attached hydrogens (primary N) is 1. The SMILES string of the molecule is NNC(=O)CN(c1ccc(Br)cc1Cl)S(=O)(=O)c1cc(Cl)ccc1Cl. The number of amides is 1. The number of anilines is 1. The maximum Gasteiger partial charge on any atom is 0.266 e. The molecule has 0 radical (unpaired) electrons. The second-order valence-electron chi connectivity index (χ2n) is 4.75. The van der Waals surface area contributed by atoms with Crippen LogP contribution in [0.2, 0.25) is 15.1 Å². The number of hydrogen-bond donors (Lipinski definition) is 2. The van der Waals surface area contributed by atoms with Gasteiger partial charge in [-0.05, 0) is 36.4 Å². The van der Waals surface area contributed by atoms with E-state index in [0.29, 0.717) is 4.47 Å². The van der Waals surface area contributed by atoms with E-state index in [0.717, 1.165) is 4.31 Å². The molecule has 25 heavy (non-hydrogen) atoms. The van der Waals surface area contributed by atoms with Crippen molar-refractivity contribution in [1.82, 2.24) is 5.43 Å². The van der Waals surface area contributed by atoms with Crippen molar-refractivity contribution in [2.75, 3.05) is 10.8 Å². The van der Waals surface area contributed by atoms with E-state index in [1.54, 1.807) is 6.07 Å². The number of carbonyl (C=O) groups excluding carboxylic acids is 1. The second kappa shape index (κ2) is 8.11. The first kappa shape index (κ1) is 20.3. The first-order valence-corrected chi connectivity index (χ1v) is 9.96. The summed E-state index contributed by atoms with van der Waals surface area (Å²) in [6, 6.07) is 8.53. The van der Waals surface area contributed by atoms with E-state index in [9.17, 15) is 13.2 Å². The molecular weight excluding hydrogens is 477 g/mol. The first-order valence-electron chi connectivity index (χ1n) is 6.59. The van der Waals surface area contributed by atoms with Crippen LogP contribution < -0.4 is 15.6 Å². The number of sulfonamides is 1. The van der Waals surface area contributed by atoms with E-state index >= 15 is 0 Å². The van der Waals surface area contributed by atoms with Crippen LogP contribution in [0.1, 0.15) is 0 Å². The summed E-state index contributed by atoms with van der Waals surface area (Å²) < 4.78 is 27.6. The fourth-order valence-electron chi connectivity index (χ4n) is 1.95. The Balaban J connectivity index is 2.65. The number of nitrogens with zero attached hydrogens (tertiary/aromatic N) is 1. The molecule has 1 amide bonds. The molecule has 0 saturated carbocycles. The maximum atomic E-state index is 13.1. The summed E-state index contributed by atoms with van der Waals surface area (Å²) >= 11 is 21.3. The quantitative estimate of drug-likeness (QED) is 0.383. The van der Waals surface area contributed by atoms with Gasteiger partial charge in [-0.25, -0.2) is 14.3 Å². The Morgan fingerprint density at radius 1 is 1.12 bits per heavy atom. The molecule has 0 fully saturated rings. The largest absolute Gasteiger partial charge is 0.293 e. The molecule has 6 nitrogen and oxygen atoms in total. The lowest BCUT2D eigenvalue weighted by atomic mass is 10.3. The Morgan fingerprint density at radius 3 is 2.40 bits per heavy atom. The van der Waals surface area contributed by atoms with Crippen LogP contribution in [-0.4, -0.2) is 20.9 Å². The Hall–Kier alpha value is -1.03. The van der Waals surface area contributed by atoms with Gasteiger partial charge in [-0.2, -0.15) is 0 Å². The molecule has 134 valence electrons. The zero-order valence-corrected chi connectivity index (χ0v) is 17.0. The highest BCUT2D eigenvalue weighted by Crippen LogP contribution is 2.35. The molecule has 0 aliphatic heterocycles. The van der Waals surface area contributed by atoms with Gasteiger partial charge in [-0.1, -0.05) is 50.7 Å². The zero-order valence-electron chi connectivity index (χ0n) is 12.3. The number of hydrogen-bond acceptors (Lipinski definition) is 4. The Labute approximate surface area is 168 Å². The van der Waals surface area contributed by atoms with Crippen LogP contribution in [0.4, 0.5) is 5.69 Å². The molecule has 2 aromatic rings. The molecule has 0 heterocycles. The minimum absolute atomic E-state index is 0.0456. The molecule has 3 N–H and O–H groups in total. The monoisotopic (exact) mass is 485 g/mol. The van der Waals surface area contributed by atoms with Crippen molar-refractivity contribution in [2.45, 2.75) is 4.90 Å². The van der Waals surface area contributed by atoms with Crippen molar-refractivity contribution in [3.05, 3.63) is 55.9 Å². The maximum absolute atomic E-state index is 13.1. The Morgan fingerprint density at radius 2 is 1.80 bits per heavy atom. The molecule has 0 aromatic heterocycles. The number of nitrogens with one attached hydrogen (secondary N) is 1. The van der Waals surface area contributed by atoms with Crippen LogP contribution in [0, 0.1) is 0 Å². The third kappa shape index (κ3) is 4.58. The van der Waals surface area contributed by atoms with E-state index in [1.165, 1.54) is 30.3 Å².